The van der Waals surface area contributed by atoms with Crippen LogP contribution in [0.25, 0.3) is 5.57 Å². The van der Waals surface area contributed by atoms with E-state index in [1.807, 2.05) is 39.0 Å². The summed E-state index contributed by atoms with van der Waals surface area (Å²) in [5, 5.41) is 5.81. The van der Waals surface area contributed by atoms with Crippen LogP contribution in [0.15, 0.2) is 77.0 Å². The molecule has 0 heterocycles. The summed E-state index contributed by atoms with van der Waals surface area (Å²) in [5.74, 6) is 0.409. The Balaban J connectivity index is 2.19. The molecule has 0 saturated heterocycles. The second-order valence-corrected chi connectivity index (χ2v) is 7.06. The highest BCUT2D eigenvalue weighted by Gasteiger charge is 2.07. The number of halogens is 2. The number of amides is 1. The van der Waals surface area contributed by atoms with Gasteiger partial charge in [0.15, 0.2) is 5.84 Å². The molecule has 2 aromatic rings. The Morgan fingerprint density at radius 3 is 2.19 bits per heavy atom. The van der Waals surface area contributed by atoms with Gasteiger partial charge in [-0.1, -0.05) is 30.3 Å². The average molecular weight is 439 g/mol. The lowest BCUT2D eigenvalue weighted by atomic mass is 10.0. The van der Waals surface area contributed by atoms with Gasteiger partial charge in [-0.15, -0.1) is 0 Å². The maximum Gasteiger partial charge on any atom is 0.251 e. The van der Waals surface area contributed by atoms with Crippen molar-refractivity contribution in [2.75, 3.05) is 12.4 Å². The summed E-state index contributed by atoms with van der Waals surface area (Å²) < 4.78 is 25.0. The molecule has 0 aliphatic carbocycles. The van der Waals surface area contributed by atoms with E-state index in [0.29, 0.717) is 22.7 Å². The fourth-order valence-corrected chi connectivity index (χ4v) is 2.76. The molecule has 1 amide bonds. The number of anilines is 1. The van der Waals surface area contributed by atoms with Crippen LogP contribution in [-0.2, 0) is 6.42 Å². The van der Waals surface area contributed by atoms with E-state index in [4.69, 9.17) is 0 Å². The number of hydrogen-bond donors (Lipinski definition) is 2. The quantitative estimate of drug-likeness (QED) is 0.409. The summed E-state index contributed by atoms with van der Waals surface area (Å²) in [6.07, 6.45) is 2.59. The minimum absolute atomic E-state index is 0.153. The van der Waals surface area contributed by atoms with E-state index in [-0.39, 0.29) is 12.3 Å². The Hall–Kier alpha value is -3.61. The Morgan fingerprint density at radius 2 is 1.62 bits per heavy atom. The van der Waals surface area contributed by atoms with Gasteiger partial charge in [-0.2, -0.15) is 0 Å². The number of carbonyl (C=O) groups excluding carboxylic acids is 1. The van der Waals surface area contributed by atoms with Crippen molar-refractivity contribution in [3.8, 4) is 0 Å². The summed E-state index contributed by atoms with van der Waals surface area (Å²) in [7, 11) is 1.59. The number of allylic oxidation sites excluding steroid dienone is 2. The predicted molar refractivity (Wildman–Crippen MR) is 129 cm³/mol. The van der Waals surface area contributed by atoms with Gasteiger partial charge in [0.25, 0.3) is 5.91 Å². The lowest BCUT2D eigenvalue weighted by Crippen LogP contribution is -2.21. The van der Waals surface area contributed by atoms with Crippen LogP contribution in [-0.4, -0.2) is 30.9 Å². The van der Waals surface area contributed by atoms with Crippen molar-refractivity contribution in [3.63, 3.8) is 0 Å². The Bertz CT molecular complexity index is 1020. The van der Waals surface area contributed by atoms with Crippen LogP contribution in [0, 0.1) is 0 Å². The Morgan fingerprint density at radius 1 is 1.00 bits per heavy atom. The molecule has 0 atom stereocenters. The number of nitrogens with zero attached hydrogens (tertiary/aromatic N) is 2. The third kappa shape index (κ3) is 7.58. The number of rotatable bonds is 8. The van der Waals surface area contributed by atoms with Crippen molar-refractivity contribution in [2.45, 2.75) is 33.6 Å². The fraction of sp³-hybridized carbons (Fsp3) is 0.240. The lowest BCUT2D eigenvalue weighted by Gasteiger charge is -2.10. The molecule has 0 bridgehead atoms. The van der Waals surface area contributed by atoms with Crippen molar-refractivity contribution >= 4 is 28.7 Å². The first kappa shape index (κ1) is 24.7. The van der Waals surface area contributed by atoms with Crippen LogP contribution in [0.3, 0.4) is 0 Å². The van der Waals surface area contributed by atoms with E-state index >= 15 is 0 Å². The average Bonchev–Trinajstić information content (AvgIpc) is 2.79. The minimum Gasteiger partial charge on any atom is -0.355 e. The molecule has 2 rings (SSSR count). The highest BCUT2D eigenvalue weighted by Crippen LogP contribution is 2.17. The summed E-state index contributed by atoms with van der Waals surface area (Å²) in [6, 6.07) is 14.1. The van der Waals surface area contributed by atoms with Crippen molar-refractivity contribution in [2.24, 2.45) is 9.98 Å². The molecule has 0 aliphatic rings. The molecule has 168 valence electrons. The van der Waals surface area contributed by atoms with Crippen molar-refractivity contribution in [3.05, 3.63) is 83.7 Å². The molecule has 0 saturated carbocycles. The van der Waals surface area contributed by atoms with Crippen LogP contribution in [0.1, 0.15) is 42.3 Å². The zero-order valence-corrected chi connectivity index (χ0v) is 18.7. The molecule has 32 heavy (non-hydrogen) atoms. The molecule has 0 unspecified atom stereocenters. The zero-order valence-electron chi connectivity index (χ0n) is 18.7. The molecule has 0 radical (unpaired) electrons. The maximum absolute atomic E-state index is 12.5. The molecule has 2 N–H and O–H groups in total. The normalized spacial score (nSPS) is 13.0. The first-order valence-corrected chi connectivity index (χ1v) is 10.2. The SMILES string of the molecule is C/C=C\N=C(Nc1ccc(C(=O)NC)cc1)C(C)=N/C=C(\C)c1ccc(CC(F)F)cc1. The van der Waals surface area contributed by atoms with Gasteiger partial charge in [-0.25, -0.2) is 13.8 Å². The predicted octanol–water partition coefficient (Wildman–Crippen LogP) is 5.72. The lowest BCUT2D eigenvalue weighted by molar-refractivity contribution is 0.0963. The number of alkyl halides is 2. The van der Waals surface area contributed by atoms with Gasteiger partial charge in [-0.05, 0) is 61.7 Å². The molecule has 5 nitrogen and oxygen atoms in total. The molecule has 0 spiro atoms. The highest BCUT2D eigenvalue weighted by molar-refractivity contribution is 6.45. The van der Waals surface area contributed by atoms with E-state index in [9.17, 15) is 13.6 Å². The second kappa shape index (κ2) is 12.3. The van der Waals surface area contributed by atoms with Gasteiger partial charge < -0.3 is 10.6 Å². The molecule has 7 heteroatoms. The summed E-state index contributed by atoms with van der Waals surface area (Å²) in [5.41, 5.74) is 4.40. The van der Waals surface area contributed by atoms with Crippen LogP contribution in [0.4, 0.5) is 14.5 Å². The fourth-order valence-electron chi connectivity index (χ4n) is 2.76. The van der Waals surface area contributed by atoms with Gasteiger partial charge in [-0.3, -0.25) is 9.79 Å². The largest absolute Gasteiger partial charge is 0.355 e. The van der Waals surface area contributed by atoms with Gasteiger partial charge in [0, 0.05) is 37.1 Å². The number of aliphatic imine (C=N–C) groups is 2. The molecular weight excluding hydrogens is 410 g/mol. The van der Waals surface area contributed by atoms with Gasteiger partial charge in [0.05, 0.1) is 5.71 Å². The van der Waals surface area contributed by atoms with Crippen LogP contribution >= 0.6 is 0 Å². The maximum atomic E-state index is 12.5. The van der Waals surface area contributed by atoms with Crippen molar-refractivity contribution < 1.29 is 13.6 Å². The summed E-state index contributed by atoms with van der Waals surface area (Å²) >= 11 is 0. The van der Waals surface area contributed by atoms with Crippen LogP contribution < -0.4 is 10.6 Å². The summed E-state index contributed by atoms with van der Waals surface area (Å²) in [6.45, 7) is 5.61. The van der Waals surface area contributed by atoms with Crippen LogP contribution in [0.2, 0.25) is 0 Å². The van der Waals surface area contributed by atoms with E-state index in [1.54, 1.807) is 55.8 Å². The van der Waals surface area contributed by atoms with Crippen LogP contribution in [0.5, 0.6) is 0 Å². The van der Waals surface area contributed by atoms with Gasteiger partial charge in [0.2, 0.25) is 6.43 Å². The standard InChI is InChI=1S/C25H28F2N4O/c1-5-14-29-24(31-22-12-10-21(11-13-22)25(32)28-4)18(3)30-16-17(2)20-8-6-19(7-9-20)15-23(26)27/h5-14,16,23H,15H2,1-4H3,(H,28,32)(H,29,31)/b14-5-,17-16+,30-18?. The smallest absolute Gasteiger partial charge is 0.251 e. The Labute approximate surface area is 187 Å². The van der Waals surface area contributed by atoms with Crippen molar-refractivity contribution in [1.82, 2.24) is 5.32 Å². The minimum atomic E-state index is -2.35. The number of carbonyl (C=O) groups is 1. The third-order valence-electron chi connectivity index (χ3n) is 4.58. The van der Waals surface area contributed by atoms with Gasteiger partial charge >= 0.3 is 0 Å². The molecule has 0 aromatic heterocycles. The van der Waals surface area contributed by atoms with Crippen molar-refractivity contribution in [1.29, 1.82) is 0 Å². The van der Waals surface area contributed by atoms with E-state index in [0.717, 1.165) is 16.8 Å². The van der Waals surface area contributed by atoms with E-state index in [2.05, 4.69) is 20.6 Å². The van der Waals surface area contributed by atoms with Gasteiger partial charge in [0.1, 0.15) is 0 Å². The molecule has 2 aromatic carbocycles. The first-order valence-electron chi connectivity index (χ1n) is 10.2. The third-order valence-corrected chi connectivity index (χ3v) is 4.58. The molecule has 0 fully saturated rings. The topological polar surface area (TPSA) is 65.8 Å². The monoisotopic (exact) mass is 438 g/mol. The second-order valence-electron chi connectivity index (χ2n) is 7.06. The number of amidine groups is 1. The first-order chi connectivity index (χ1) is 15.3. The number of benzene rings is 2. The molecular formula is C25H28F2N4O. The summed E-state index contributed by atoms with van der Waals surface area (Å²) in [4.78, 5) is 20.6. The number of nitrogens with one attached hydrogen (secondary N) is 2. The Kier molecular flexibility index (Phi) is 9.47. The zero-order chi connectivity index (χ0) is 23.5. The highest BCUT2D eigenvalue weighted by atomic mass is 19.3. The van der Waals surface area contributed by atoms with E-state index in [1.165, 1.54) is 0 Å². The van der Waals surface area contributed by atoms with E-state index < -0.39 is 6.43 Å². The number of hydrogen-bond acceptors (Lipinski definition) is 3. The molecule has 0 aliphatic heterocycles.